The van der Waals surface area contributed by atoms with Gasteiger partial charge >= 0.3 is 0 Å². The van der Waals surface area contributed by atoms with E-state index in [1.807, 2.05) is 4.90 Å². The second-order valence-corrected chi connectivity index (χ2v) is 8.36. The molecular formula is C19H31N5O2. The summed E-state index contributed by atoms with van der Waals surface area (Å²) >= 11 is 0. The number of carbonyl (C=O) groups is 1. The molecule has 144 valence electrons. The molecule has 0 spiro atoms. The van der Waals surface area contributed by atoms with E-state index in [4.69, 9.17) is 0 Å². The van der Waals surface area contributed by atoms with Gasteiger partial charge in [-0.05, 0) is 19.4 Å². The van der Waals surface area contributed by atoms with Crippen LogP contribution in [0.3, 0.4) is 0 Å². The molecule has 0 radical (unpaired) electrons. The normalized spacial score (nSPS) is 27.7. The van der Waals surface area contributed by atoms with E-state index in [2.05, 4.69) is 26.7 Å². The second kappa shape index (κ2) is 7.64. The topological polar surface area (TPSA) is 74.5 Å². The maximum Gasteiger partial charge on any atom is 0.223 e. The summed E-state index contributed by atoms with van der Waals surface area (Å²) in [7, 11) is 2.08. The van der Waals surface area contributed by atoms with E-state index in [9.17, 15) is 9.90 Å². The summed E-state index contributed by atoms with van der Waals surface area (Å²) in [6, 6.07) is -0.131. The number of hydrogen-bond donors (Lipinski definition) is 1. The number of likely N-dealkylation sites (N-methyl/N-ethyl adjacent to an activating group) is 1. The number of likely N-dealkylation sites (tertiary alicyclic amines) is 1. The van der Waals surface area contributed by atoms with Gasteiger partial charge < -0.3 is 14.6 Å². The first-order chi connectivity index (χ1) is 12.6. The number of β-amino-alcohol motifs (C(OH)–C–C–N with tert-alkyl or cyclic N) is 1. The molecule has 2 aliphatic heterocycles. The Kier molecular flexibility index (Phi) is 5.27. The molecule has 1 saturated carbocycles. The number of fused-ring (bicyclic) bond motifs is 1. The molecular weight excluding hydrogens is 330 g/mol. The van der Waals surface area contributed by atoms with E-state index in [-0.39, 0.29) is 11.9 Å². The molecule has 0 bridgehead atoms. The van der Waals surface area contributed by atoms with Crippen molar-refractivity contribution >= 4 is 5.91 Å². The van der Waals surface area contributed by atoms with E-state index in [1.54, 1.807) is 0 Å². The third-order valence-corrected chi connectivity index (χ3v) is 6.36. The van der Waals surface area contributed by atoms with Crippen LogP contribution in [0.1, 0.15) is 69.1 Å². The number of amides is 1. The van der Waals surface area contributed by atoms with Gasteiger partial charge in [-0.2, -0.15) is 0 Å². The lowest BCUT2D eigenvalue weighted by Crippen LogP contribution is -2.35. The van der Waals surface area contributed by atoms with E-state index in [0.29, 0.717) is 25.3 Å². The minimum Gasteiger partial charge on any atom is -0.391 e. The molecule has 7 heteroatoms. The summed E-state index contributed by atoms with van der Waals surface area (Å²) in [5.41, 5.74) is 0. The van der Waals surface area contributed by atoms with Gasteiger partial charge in [0.05, 0.1) is 18.7 Å². The molecule has 1 aliphatic carbocycles. The highest BCUT2D eigenvalue weighted by molar-refractivity contribution is 5.77. The molecule has 4 rings (SSSR count). The van der Waals surface area contributed by atoms with Crippen LogP contribution in [0, 0.1) is 5.92 Å². The zero-order valence-corrected chi connectivity index (χ0v) is 15.8. The third kappa shape index (κ3) is 3.64. The van der Waals surface area contributed by atoms with Gasteiger partial charge in [-0.3, -0.25) is 9.69 Å². The molecule has 1 saturated heterocycles. The number of nitrogens with zero attached hydrogens (tertiary/aromatic N) is 5. The average molecular weight is 361 g/mol. The van der Waals surface area contributed by atoms with Crippen molar-refractivity contribution in [1.82, 2.24) is 24.6 Å². The van der Waals surface area contributed by atoms with Crippen LogP contribution in [0.15, 0.2) is 0 Å². The van der Waals surface area contributed by atoms with E-state index in [1.165, 1.54) is 32.1 Å². The first kappa shape index (κ1) is 17.9. The van der Waals surface area contributed by atoms with Crippen molar-refractivity contribution in [2.45, 2.75) is 76.6 Å². The first-order valence-corrected chi connectivity index (χ1v) is 10.2. The molecule has 26 heavy (non-hydrogen) atoms. The number of aromatic nitrogens is 3. The van der Waals surface area contributed by atoms with Crippen LogP contribution < -0.4 is 0 Å². The van der Waals surface area contributed by atoms with Crippen LogP contribution in [-0.2, 0) is 17.9 Å². The largest absolute Gasteiger partial charge is 0.391 e. The number of aliphatic hydroxyl groups excluding tert-OH is 1. The van der Waals surface area contributed by atoms with Crippen molar-refractivity contribution < 1.29 is 9.90 Å². The van der Waals surface area contributed by atoms with Gasteiger partial charge in [0.25, 0.3) is 0 Å². The standard InChI is InChI=1S/C19H31N5O2/c1-22-9-10-23-17(13-22)20-21-19(23)16-11-15(25)12-24(16)18(26)8-7-14-5-3-2-4-6-14/h14-16,25H,2-13H2,1H3/t15-,16-/m0/s1. The Morgan fingerprint density at radius 3 is 2.81 bits per heavy atom. The smallest absolute Gasteiger partial charge is 0.223 e. The number of rotatable bonds is 4. The number of carbonyl (C=O) groups excluding carboxylic acids is 1. The summed E-state index contributed by atoms with van der Waals surface area (Å²) in [5, 5.41) is 19.0. The van der Waals surface area contributed by atoms with Crippen molar-refractivity contribution in [3.8, 4) is 0 Å². The molecule has 2 fully saturated rings. The van der Waals surface area contributed by atoms with Crippen LogP contribution in [0.5, 0.6) is 0 Å². The third-order valence-electron chi connectivity index (χ3n) is 6.36. The lowest BCUT2D eigenvalue weighted by Gasteiger charge is -2.28. The van der Waals surface area contributed by atoms with Crippen molar-refractivity contribution in [1.29, 1.82) is 0 Å². The van der Waals surface area contributed by atoms with Gasteiger partial charge in [0.2, 0.25) is 5.91 Å². The monoisotopic (exact) mass is 361 g/mol. The van der Waals surface area contributed by atoms with Gasteiger partial charge in [-0.1, -0.05) is 32.1 Å². The molecule has 3 aliphatic rings. The summed E-state index contributed by atoms with van der Waals surface area (Å²) in [5.74, 6) is 2.69. The molecule has 7 nitrogen and oxygen atoms in total. The van der Waals surface area contributed by atoms with Crippen LogP contribution in [0.2, 0.25) is 0 Å². The van der Waals surface area contributed by atoms with Gasteiger partial charge in [0, 0.05) is 32.5 Å². The predicted octanol–water partition coefficient (Wildman–Crippen LogP) is 1.72. The zero-order chi connectivity index (χ0) is 18.1. The van der Waals surface area contributed by atoms with Crippen LogP contribution >= 0.6 is 0 Å². The fourth-order valence-corrected chi connectivity index (χ4v) is 4.83. The van der Waals surface area contributed by atoms with Crippen LogP contribution in [0.25, 0.3) is 0 Å². The Bertz CT molecular complexity index is 640. The summed E-state index contributed by atoms with van der Waals surface area (Å²) in [6.07, 6.45) is 8.20. The lowest BCUT2D eigenvalue weighted by atomic mass is 9.86. The minimum atomic E-state index is -0.460. The molecule has 3 heterocycles. The second-order valence-electron chi connectivity index (χ2n) is 8.36. The number of aliphatic hydroxyl groups is 1. The lowest BCUT2D eigenvalue weighted by molar-refractivity contribution is -0.133. The zero-order valence-electron chi connectivity index (χ0n) is 15.8. The van der Waals surface area contributed by atoms with E-state index >= 15 is 0 Å². The maximum atomic E-state index is 12.9. The van der Waals surface area contributed by atoms with Crippen molar-refractivity contribution in [2.75, 3.05) is 20.1 Å². The highest BCUT2D eigenvalue weighted by Gasteiger charge is 2.39. The summed E-state index contributed by atoms with van der Waals surface area (Å²) in [4.78, 5) is 17.0. The fourth-order valence-electron chi connectivity index (χ4n) is 4.83. The van der Waals surface area contributed by atoms with E-state index in [0.717, 1.165) is 37.7 Å². The highest BCUT2D eigenvalue weighted by Crippen LogP contribution is 2.34. The maximum absolute atomic E-state index is 12.9. The molecule has 1 aromatic rings. The Balaban J connectivity index is 1.44. The molecule has 0 unspecified atom stereocenters. The Hall–Kier alpha value is -1.47. The van der Waals surface area contributed by atoms with Crippen molar-refractivity contribution in [2.24, 2.45) is 5.92 Å². The molecule has 1 amide bonds. The summed E-state index contributed by atoms with van der Waals surface area (Å²) in [6.45, 7) is 3.03. The molecule has 1 N–H and O–H groups in total. The Labute approximate surface area is 155 Å². The highest BCUT2D eigenvalue weighted by atomic mass is 16.3. The minimum absolute atomic E-state index is 0.131. The van der Waals surface area contributed by atoms with Gasteiger partial charge in [0.15, 0.2) is 5.82 Å². The molecule has 0 aromatic carbocycles. The summed E-state index contributed by atoms with van der Waals surface area (Å²) < 4.78 is 2.16. The fraction of sp³-hybridized carbons (Fsp3) is 0.842. The average Bonchev–Trinajstić information content (AvgIpc) is 3.23. The van der Waals surface area contributed by atoms with Gasteiger partial charge in [0.1, 0.15) is 5.82 Å². The first-order valence-electron chi connectivity index (χ1n) is 10.2. The Morgan fingerprint density at radius 2 is 2.00 bits per heavy atom. The van der Waals surface area contributed by atoms with Crippen molar-refractivity contribution in [3.63, 3.8) is 0 Å². The Morgan fingerprint density at radius 1 is 1.19 bits per heavy atom. The van der Waals surface area contributed by atoms with Gasteiger partial charge in [-0.15, -0.1) is 10.2 Å². The van der Waals surface area contributed by atoms with Crippen LogP contribution in [-0.4, -0.2) is 61.8 Å². The van der Waals surface area contributed by atoms with E-state index < -0.39 is 6.10 Å². The predicted molar refractivity (Wildman–Crippen MR) is 97.2 cm³/mol. The van der Waals surface area contributed by atoms with Crippen molar-refractivity contribution in [3.05, 3.63) is 11.6 Å². The molecule has 1 aromatic heterocycles. The van der Waals surface area contributed by atoms with Crippen LogP contribution in [0.4, 0.5) is 0 Å². The quantitative estimate of drug-likeness (QED) is 0.884. The SMILES string of the molecule is CN1CCn2c(nnc2[C@@H]2C[C@H](O)CN2C(=O)CCC2CCCCC2)C1. The van der Waals surface area contributed by atoms with Gasteiger partial charge in [-0.25, -0.2) is 0 Å². The molecule has 2 atom stereocenters. The number of hydrogen-bond acceptors (Lipinski definition) is 5.